The number of likely N-dealkylation sites (tertiary alicyclic amines) is 1. The lowest BCUT2D eigenvalue weighted by Crippen LogP contribution is -2.29. The third-order valence-corrected chi connectivity index (χ3v) is 5.92. The van der Waals surface area contributed by atoms with E-state index in [1.165, 1.54) is 4.90 Å². The molecule has 8 heteroatoms. The largest absolute Gasteiger partial charge is 0.505 e. The molecule has 5 rings (SSSR count). The lowest BCUT2D eigenvalue weighted by atomic mass is 9.97. The minimum absolute atomic E-state index is 0.000972. The minimum Gasteiger partial charge on any atom is -0.505 e. The molecule has 5 heterocycles. The Hall–Kier alpha value is -4.33. The minimum atomic E-state index is -0.802. The number of aromatic nitrogens is 4. The van der Waals surface area contributed by atoms with Crippen LogP contribution in [0.4, 0.5) is 0 Å². The Morgan fingerprint density at radius 2 is 1.79 bits per heavy atom. The van der Waals surface area contributed by atoms with Crippen LogP contribution < -0.4 is 0 Å². The molecule has 0 radical (unpaired) electrons. The number of amides is 1. The molecule has 164 valence electrons. The molecule has 1 atom stereocenters. The molecule has 0 spiro atoms. The van der Waals surface area contributed by atoms with Gasteiger partial charge in [-0.1, -0.05) is 18.2 Å². The summed E-state index contributed by atoms with van der Waals surface area (Å²) in [5, 5.41) is 11.4. The van der Waals surface area contributed by atoms with Crippen molar-refractivity contribution < 1.29 is 14.7 Å². The standard InChI is InChI=1S/C25H21N5O3/c1-15-6-5-11-29-16(2)20(28-24(15)29)22(31)19-21(18-8-4-10-27-13-18)30(25(33)23(19)32)14-17-7-3-9-26-12-17/h3-13,21,31H,14H2,1-2H3. The monoisotopic (exact) mass is 439 g/mol. The van der Waals surface area contributed by atoms with Gasteiger partial charge in [0.15, 0.2) is 5.76 Å². The Morgan fingerprint density at radius 3 is 2.45 bits per heavy atom. The van der Waals surface area contributed by atoms with Crippen molar-refractivity contribution in [3.05, 3.63) is 101 Å². The van der Waals surface area contributed by atoms with Crippen LogP contribution >= 0.6 is 0 Å². The van der Waals surface area contributed by atoms with Crippen LogP contribution in [0.3, 0.4) is 0 Å². The smallest absolute Gasteiger partial charge is 0.295 e. The number of rotatable bonds is 4. The summed E-state index contributed by atoms with van der Waals surface area (Å²) in [5.74, 6) is -1.73. The number of hydrogen-bond donors (Lipinski definition) is 1. The van der Waals surface area contributed by atoms with Crippen molar-refractivity contribution >= 4 is 23.1 Å². The number of carbonyl (C=O) groups excluding carboxylic acids is 2. The van der Waals surface area contributed by atoms with Crippen LogP contribution in [0.15, 0.2) is 73.0 Å². The van der Waals surface area contributed by atoms with E-state index in [0.717, 1.165) is 11.1 Å². The van der Waals surface area contributed by atoms with Gasteiger partial charge in [0.1, 0.15) is 11.3 Å². The lowest BCUT2D eigenvalue weighted by molar-refractivity contribution is -0.140. The SMILES string of the molecule is Cc1cccn2c(C)c(C(O)=C3C(=O)C(=O)N(Cc4cccnc4)C3c3cccnc3)nc12. The third-order valence-electron chi connectivity index (χ3n) is 5.92. The predicted octanol–water partition coefficient (Wildman–Crippen LogP) is 3.36. The maximum absolute atomic E-state index is 13.2. The highest BCUT2D eigenvalue weighted by molar-refractivity contribution is 6.46. The number of pyridine rings is 3. The van der Waals surface area contributed by atoms with Gasteiger partial charge >= 0.3 is 0 Å². The number of carbonyl (C=O) groups is 2. The topological polar surface area (TPSA) is 101 Å². The average molecular weight is 439 g/mol. The molecule has 4 aromatic rings. The zero-order chi connectivity index (χ0) is 23.1. The Morgan fingerprint density at radius 1 is 1.03 bits per heavy atom. The fourth-order valence-corrected chi connectivity index (χ4v) is 4.29. The normalized spacial score (nSPS) is 17.8. The molecule has 1 aliphatic heterocycles. The van der Waals surface area contributed by atoms with E-state index in [1.807, 2.05) is 42.6 Å². The van der Waals surface area contributed by atoms with E-state index in [9.17, 15) is 14.7 Å². The lowest BCUT2D eigenvalue weighted by Gasteiger charge is -2.24. The highest BCUT2D eigenvalue weighted by atomic mass is 16.3. The molecule has 0 aliphatic carbocycles. The van der Waals surface area contributed by atoms with Crippen LogP contribution in [-0.4, -0.2) is 41.0 Å². The predicted molar refractivity (Wildman–Crippen MR) is 121 cm³/mol. The van der Waals surface area contributed by atoms with Crippen molar-refractivity contribution in [1.82, 2.24) is 24.3 Å². The third kappa shape index (κ3) is 3.36. The second kappa shape index (κ2) is 7.98. The van der Waals surface area contributed by atoms with E-state index in [4.69, 9.17) is 0 Å². The zero-order valence-corrected chi connectivity index (χ0v) is 18.1. The number of nitrogens with zero attached hydrogens (tertiary/aromatic N) is 5. The highest BCUT2D eigenvalue weighted by Crippen LogP contribution is 2.40. The van der Waals surface area contributed by atoms with E-state index in [2.05, 4.69) is 15.0 Å². The fraction of sp³-hybridized carbons (Fsp3) is 0.160. The number of aryl methyl sites for hydroxylation is 2. The maximum Gasteiger partial charge on any atom is 0.295 e. The van der Waals surface area contributed by atoms with Gasteiger partial charge in [-0.3, -0.25) is 19.6 Å². The summed E-state index contributed by atoms with van der Waals surface area (Å²) < 4.78 is 1.86. The average Bonchev–Trinajstić information content (AvgIpc) is 3.30. The fourth-order valence-electron chi connectivity index (χ4n) is 4.29. The van der Waals surface area contributed by atoms with Crippen LogP contribution in [0.2, 0.25) is 0 Å². The van der Waals surface area contributed by atoms with Crippen molar-refractivity contribution in [2.75, 3.05) is 0 Å². The van der Waals surface area contributed by atoms with Gasteiger partial charge in [-0.25, -0.2) is 4.98 Å². The number of fused-ring (bicyclic) bond motifs is 1. The first-order valence-corrected chi connectivity index (χ1v) is 10.5. The van der Waals surface area contributed by atoms with Gasteiger partial charge in [0, 0.05) is 37.5 Å². The van der Waals surface area contributed by atoms with Gasteiger partial charge in [0.05, 0.1) is 17.3 Å². The molecule has 1 fully saturated rings. The van der Waals surface area contributed by atoms with Crippen molar-refractivity contribution in [1.29, 1.82) is 0 Å². The molecule has 0 saturated carbocycles. The Kier molecular flexibility index (Phi) is 4.97. The van der Waals surface area contributed by atoms with Crippen molar-refractivity contribution in [2.45, 2.75) is 26.4 Å². The highest BCUT2D eigenvalue weighted by Gasteiger charge is 2.46. The number of hydrogen-bond acceptors (Lipinski definition) is 6. The molecule has 0 aromatic carbocycles. The first-order chi connectivity index (χ1) is 16.0. The number of aliphatic hydroxyl groups excluding tert-OH is 1. The zero-order valence-electron chi connectivity index (χ0n) is 18.1. The second-order valence-electron chi connectivity index (χ2n) is 8.01. The molecular weight excluding hydrogens is 418 g/mol. The summed E-state index contributed by atoms with van der Waals surface area (Å²) in [5.41, 5.74) is 3.96. The van der Waals surface area contributed by atoms with Crippen LogP contribution in [0, 0.1) is 13.8 Å². The molecule has 33 heavy (non-hydrogen) atoms. The Bertz CT molecular complexity index is 1410. The van der Waals surface area contributed by atoms with E-state index in [0.29, 0.717) is 16.9 Å². The van der Waals surface area contributed by atoms with E-state index in [1.54, 1.807) is 43.0 Å². The van der Waals surface area contributed by atoms with Crippen LogP contribution in [0.1, 0.15) is 34.1 Å². The molecule has 1 saturated heterocycles. The van der Waals surface area contributed by atoms with Crippen molar-refractivity contribution in [3.8, 4) is 0 Å². The molecule has 0 bridgehead atoms. The summed E-state index contributed by atoms with van der Waals surface area (Å²) in [6.07, 6.45) is 8.35. The van der Waals surface area contributed by atoms with Crippen LogP contribution in [0.5, 0.6) is 0 Å². The molecule has 1 unspecified atom stereocenters. The van der Waals surface area contributed by atoms with Crippen molar-refractivity contribution in [3.63, 3.8) is 0 Å². The molecule has 1 amide bonds. The number of aliphatic hydroxyl groups is 1. The molecule has 4 aromatic heterocycles. The number of ketones is 1. The van der Waals surface area contributed by atoms with Crippen LogP contribution in [0.25, 0.3) is 11.4 Å². The summed E-state index contributed by atoms with van der Waals surface area (Å²) >= 11 is 0. The van der Waals surface area contributed by atoms with E-state index >= 15 is 0 Å². The summed E-state index contributed by atoms with van der Waals surface area (Å²) in [6.45, 7) is 3.91. The number of imidazole rings is 1. The molecule has 1 N–H and O–H groups in total. The van der Waals surface area contributed by atoms with Crippen molar-refractivity contribution in [2.24, 2.45) is 0 Å². The van der Waals surface area contributed by atoms with Gasteiger partial charge in [-0.05, 0) is 48.7 Å². The molecule has 1 aliphatic rings. The number of Topliss-reactive ketones (excluding diaryl/α,β-unsaturated/α-hetero) is 1. The van der Waals surface area contributed by atoms with Gasteiger partial charge in [0.25, 0.3) is 11.7 Å². The van der Waals surface area contributed by atoms with Gasteiger partial charge in [-0.15, -0.1) is 0 Å². The van der Waals surface area contributed by atoms with Gasteiger partial charge in [-0.2, -0.15) is 0 Å². The Balaban J connectivity index is 1.70. The van der Waals surface area contributed by atoms with Crippen LogP contribution in [-0.2, 0) is 16.1 Å². The first-order valence-electron chi connectivity index (χ1n) is 10.5. The maximum atomic E-state index is 13.2. The van der Waals surface area contributed by atoms with E-state index in [-0.39, 0.29) is 23.6 Å². The summed E-state index contributed by atoms with van der Waals surface area (Å²) in [6, 6.07) is 10.1. The Labute approximate surface area is 189 Å². The summed E-state index contributed by atoms with van der Waals surface area (Å²) in [7, 11) is 0. The van der Waals surface area contributed by atoms with Gasteiger partial charge < -0.3 is 14.4 Å². The second-order valence-corrected chi connectivity index (χ2v) is 8.01. The molecular formula is C25H21N5O3. The molecule has 8 nitrogen and oxygen atoms in total. The van der Waals surface area contributed by atoms with E-state index < -0.39 is 17.7 Å². The first kappa shape index (κ1) is 20.6. The quantitative estimate of drug-likeness (QED) is 0.297. The summed E-state index contributed by atoms with van der Waals surface area (Å²) in [4.78, 5) is 40.6. The van der Waals surface area contributed by atoms with Gasteiger partial charge in [0.2, 0.25) is 0 Å².